The first-order valence-corrected chi connectivity index (χ1v) is 10.1. The number of amides is 2. The molecule has 1 aromatic carbocycles. The molecule has 0 saturated heterocycles. The van der Waals surface area contributed by atoms with E-state index < -0.39 is 16.2 Å². The zero-order valence-electron chi connectivity index (χ0n) is 15.8. The van der Waals surface area contributed by atoms with Gasteiger partial charge in [-0.05, 0) is 63.4 Å². The Balaban J connectivity index is 1.39. The lowest BCUT2D eigenvalue weighted by molar-refractivity contribution is -0.385. The maximum Gasteiger partial charge on any atom is 0.274 e. The number of anilines is 1. The Morgan fingerprint density at radius 2 is 1.93 bits per heavy atom. The first-order valence-electron chi connectivity index (χ1n) is 9.71. The van der Waals surface area contributed by atoms with E-state index in [0.717, 1.165) is 32.1 Å². The minimum atomic E-state index is -0.484. The molecule has 4 atom stereocenters. The van der Waals surface area contributed by atoms with Crippen LogP contribution in [0.5, 0.6) is 0 Å². The van der Waals surface area contributed by atoms with Gasteiger partial charge in [0, 0.05) is 10.9 Å². The predicted molar refractivity (Wildman–Crippen MR) is 105 cm³/mol. The van der Waals surface area contributed by atoms with Crippen LogP contribution >= 0.6 is 11.6 Å². The number of nitro benzene ring substituents is 1. The van der Waals surface area contributed by atoms with E-state index in [1.165, 1.54) is 12.1 Å². The van der Waals surface area contributed by atoms with Crippen LogP contribution in [0.25, 0.3) is 0 Å². The molecule has 8 heteroatoms. The summed E-state index contributed by atoms with van der Waals surface area (Å²) in [7, 11) is 0. The van der Waals surface area contributed by atoms with Gasteiger partial charge in [0.05, 0.1) is 28.1 Å². The normalized spacial score (nSPS) is 32.8. The first-order chi connectivity index (χ1) is 13.2. The standard InChI is InChI=1S/C20H24ClN3O4/c1-12-15(3-2-4-16(12)24(27)28)23-17(25)10-22-18(26)19-6-13-5-14(7-19)9-20(21,8-13)11-19/h2-4,13-14H,5-11H2,1H3,(H,22,26)(H,23,25)/t13-,14+,19?,20?. The number of benzene rings is 1. The second-order valence-corrected chi connectivity index (χ2v) is 9.63. The Bertz CT molecular complexity index is 842. The van der Waals surface area contributed by atoms with E-state index in [4.69, 9.17) is 11.6 Å². The van der Waals surface area contributed by atoms with Gasteiger partial charge < -0.3 is 10.6 Å². The monoisotopic (exact) mass is 405 g/mol. The average Bonchev–Trinajstić information content (AvgIpc) is 2.59. The van der Waals surface area contributed by atoms with Gasteiger partial charge in [0.15, 0.2) is 0 Å². The molecule has 0 aromatic heterocycles. The van der Waals surface area contributed by atoms with E-state index >= 15 is 0 Å². The highest BCUT2D eigenvalue weighted by Crippen LogP contribution is 2.63. The smallest absolute Gasteiger partial charge is 0.274 e. The molecule has 0 heterocycles. The van der Waals surface area contributed by atoms with Crippen molar-refractivity contribution < 1.29 is 14.5 Å². The third kappa shape index (κ3) is 3.36. The number of carbonyl (C=O) groups is 2. The second kappa shape index (κ2) is 6.72. The molecule has 4 saturated carbocycles. The summed E-state index contributed by atoms with van der Waals surface area (Å²) < 4.78 is 0. The number of hydrogen-bond donors (Lipinski definition) is 2. The fraction of sp³-hybridized carbons (Fsp3) is 0.600. The Kier molecular flexibility index (Phi) is 4.61. The van der Waals surface area contributed by atoms with E-state index in [1.54, 1.807) is 13.0 Å². The van der Waals surface area contributed by atoms with Crippen LogP contribution in [0.1, 0.15) is 44.1 Å². The van der Waals surface area contributed by atoms with Crippen LogP contribution in [-0.4, -0.2) is 28.2 Å². The van der Waals surface area contributed by atoms with Gasteiger partial charge in [-0.25, -0.2) is 0 Å². The van der Waals surface area contributed by atoms with Crippen LogP contribution in [0.2, 0.25) is 0 Å². The molecule has 0 spiro atoms. The number of carbonyl (C=O) groups excluding carboxylic acids is 2. The molecular formula is C20H24ClN3O4. The summed E-state index contributed by atoms with van der Waals surface area (Å²) in [4.78, 5) is 35.6. The molecule has 2 unspecified atom stereocenters. The lowest BCUT2D eigenvalue weighted by Gasteiger charge is -2.59. The molecule has 4 fully saturated rings. The summed E-state index contributed by atoms with van der Waals surface area (Å²) in [5.74, 6) is 0.525. The third-order valence-corrected chi connectivity index (χ3v) is 7.10. The van der Waals surface area contributed by atoms with Crippen LogP contribution in [0.15, 0.2) is 18.2 Å². The van der Waals surface area contributed by atoms with Gasteiger partial charge in [-0.1, -0.05) is 6.07 Å². The van der Waals surface area contributed by atoms with Gasteiger partial charge >= 0.3 is 0 Å². The molecule has 4 aliphatic rings. The Hall–Kier alpha value is -2.15. The zero-order valence-corrected chi connectivity index (χ0v) is 16.6. The average molecular weight is 406 g/mol. The maximum absolute atomic E-state index is 13.0. The maximum atomic E-state index is 13.0. The predicted octanol–water partition coefficient (Wildman–Crippen LogP) is 3.54. The van der Waals surface area contributed by atoms with E-state index in [-0.39, 0.29) is 23.0 Å². The lowest BCUT2D eigenvalue weighted by Crippen LogP contribution is -2.58. The molecule has 7 nitrogen and oxygen atoms in total. The molecule has 2 amide bonds. The van der Waals surface area contributed by atoms with Gasteiger partial charge in [-0.2, -0.15) is 0 Å². The summed E-state index contributed by atoms with van der Waals surface area (Å²) >= 11 is 6.78. The minimum absolute atomic E-state index is 0.0530. The summed E-state index contributed by atoms with van der Waals surface area (Å²) in [6, 6.07) is 4.52. The highest BCUT2D eigenvalue weighted by atomic mass is 35.5. The van der Waals surface area contributed by atoms with Gasteiger partial charge in [0.1, 0.15) is 0 Å². The van der Waals surface area contributed by atoms with Crippen molar-refractivity contribution in [1.82, 2.24) is 5.32 Å². The van der Waals surface area contributed by atoms with Gasteiger partial charge in [-0.3, -0.25) is 19.7 Å². The van der Waals surface area contributed by atoms with Gasteiger partial charge in [-0.15, -0.1) is 11.6 Å². The van der Waals surface area contributed by atoms with Crippen LogP contribution < -0.4 is 10.6 Å². The number of nitro groups is 1. The number of nitrogens with one attached hydrogen (secondary N) is 2. The molecule has 2 N–H and O–H groups in total. The molecule has 28 heavy (non-hydrogen) atoms. The fourth-order valence-corrected chi connectivity index (χ4v) is 6.61. The summed E-state index contributed by atoms with van der Waals surface area (Å²) in [6.45, 7) is 1.43. The summed E-state index contributed by atoms with van der Waals surface area (Å²) in [5.41, 5.74) is 0.260. The van der Waals surface area contributed by atoms with Crippen molar-refractivity contribution in [1.29, 1.82) is 0 Å². The number of nitrogens with zero attached hydrogens (tertiary/aromatic N) is 1. The molecular weight excluding hydrogens is 382 g/mol. The van der Waals surface area contributed by atoms with Crippen molar-refractivity contribution in [3.8, 4) is 0 Å². The minimum Gasteiger partial charge on any atom is -0.347 e. The highest BCUT2D eigenvalue weighted by molar-refractivity contribution is 6.24. The van der Waals surface area contributed by atoms with Crippen LogP contribution in [0.3, 0.4) is 0 Å². The van der Waals surface area contributed by atoms with Gasteiger partial charge in [0.2, 0.25) is 11.8 Å². The number of halogens is 1. The highest BCUT2D eigenvalue weighted by Gasteiger charge is 2.60. The topological polar surface area (TPSA) is 101 Å². The summed E-state index contributed by atoms with van der Waals surface area (Å²) in [5, 5.41) is 16.5. The first kappa shape index (κ1) is 19.2. The number of alkyl halides is 1. The Labute approximate surface area is 168 Å². The van der Waals surface area contributed by atoms with Crippen molar-refractivity contribution in [2.75, 3.05) is 11.9 Å². The van der Waals surface area contributed by atoms with Crippen LogP contribution in [0, 0.1) is 34.3 Å². The molecule has 0 aliphatic heterocycles. The molecule has 0 radical (unpaired) electrons. The Morgan fingerprint density at radius 3 is 2.54 bits per heavy atom. The molecule has 4 bridgehead atoms. The van der Waals surface area contributed by atoms with Crippen molar-refractivity contribution >= 4 is 34.8 Å². The third-order valence-electron chi connectivity index (χ3n) is 6.66. The molecule has 1 aromatic rings. The van der Waals surface area contributed by atoms with Gasteiger partial charge in [0.25, 0.3) is 5.69 Å². The van der Waals surface area contributed by atoms with E-state index in [9.17, 15) is 19.7 Å². The fourth-order valence-electron chi connectivity index (χ4n) is 5.92. The van der Waals surface area contributed by atoms with Crippen LogP contribution in [0.4, 0.5) is 11.4 Å². The van der Waals surface area contributed by atoms with E-state index in [2.05, 4.69) is 10.6 Å². The van der Waals surface area contributed by atoms with Crippen LogP contribution in [-0.2, 0) is 9.59 Å². The van der Waals surface area contributed by atoms with Crippen molar-refractivity contribution in [2.24, 2.45) is 17.3 Å². The number of rotatable bonds is 5. The SMILES string of the molecule is Cc1c(NC(=O)CNC(=O)C23C[C@@H]4C[C@@H](CC(Cl)(C4)C2)C3)cccc1[N+](=O)[O-]. The van der Waals surface area contributed by atoms with E-state index in [0.29, 0.717) is 29.5 Å². The van der Waals surface area contributed by atoms with Crippen molar-refractivity contribution in [3.63, 3.8) is 0 Å². The second-order valence-electron chi connectivity index (χ2n) is 8.83. The van der Waals surface area contributed by atoms with E-state index in [1.807, 2.05) is 0 Å². The molecule has 150 valence electrons. The van der Waals surface area contributed by atoms with Crippen molar-refractivity contribution in [3.05, 3.63) is 33.9 Å². The quantitative estimate of drug-likeness (QED) is 0.444. The summed E-state index contributed by atoms with van der Waals surface area (Å²) in [6.07, 6.45) is 5.55. The molecule has 5 rings (SSSR count). The lowest BCUT2D eigenvalue weighted by atomic mass is 9.49. The molecule has 4 aliphatic carbocycles. The zero-order chi connectivity index (χ0) is 20.1. The Morgan fingerprint density at radius 1 is 1.25 bits per heavy atom. The van der Waals surface area contributed by atoms with Crippen molar-refractivity contribution in [2.45, 2.75) is 50.3 Å². The number of hydrogen-bond acceptors (Lipinski definition) is 4. The largest absolute Gasteiger partial charge is 0.347 e.